The van der Waals surface area contributed by atoms with Gasteiger partial charge in [-0.05, 0) is 48.1 Å². The van der Waals surface area contributed by atoms with Crippen molar-refractivity contribution in [3.05, 3.63) is 58.1 Å². The summed E-state index contributed by atoms with van der Waals surface area (Å²) in [5.41, 5.74) is 1.92. The van der Waals surface area contributed by atoms with Crippen LogP contribution in [0.3, 0.4) is 0 Å². The summed E-state index contributed by atoms with van der Waals surface area (Å²) in [5, 5.41) is 8.06. The smallest absolute Gasteiger partial charge is 0.170 e. The van der Waals surface area contributed by atoms with Gasteiger partial charge in [-0.25, -0.2) is 0 Å². The van der Waals surface area contributed by atoms with Crippen LogP contribution in [0, 0.1) is 0 Å². The van der Waals surface area contributed by atoms with E-state index in [1.54, 1.807) is 19.2 Å². The second-order valence-corrected chi connectivity index (χ2v) is 7.65. The molecule has 28 heavy (non-hydrogen) atoms. The van der Waals surface area contributed by atoms with Crippen LogP contribution in [0.4, 0.5) is 5.69 Å². The van der Waals surface area contributed by atoms with Crippen molar-refractivity contribution >= 4 is 46.2 Å². The summed E-state index contributed by atoms with van der Waals surface area (Å²) < 4.78 is 10.8. The Balaban J connectivity index is 1.67. The van der Waals surface area contributed by atoms with Gasteiger partial charge in [0.1, 0.15) is 5.75 Å². The highest BCUT2D eigenvalue weighted by atomic mass is 35.5. The third-order valence-electron chi connectivity index (χ3n) is 4.62. The van der Waals surface area contributed by atoms with Gasteiger partial charge < -0.3 is 20.1 Å². The Labute approximate surface area is 180 Å². The molecule has 5 nitrogen and oxygen atoms in total. The van der Waals surface area contributed by atoms with E-state index in [0.717, 1.165) is 37.7 Å². The maximum Gasteiger partial charge on any atom is 0.170 e. The van der Waals surface area contributed by atoms with Gasteiger partial charge in [0, 0.05) is 24.7 Å². The van der Waals surface area contributed by atoms with Gasteiger partial charge in [-0.15, -0.1) is 0 Å². The van der Waals surface area contributed by atoms with E-state index >= 15 is 0 Å². The van der Waals surface area contributed by atoms with Crippen LogP contribution < -0.4 is 15.4 Å². The number of anilines is 1. The average Bonchev–Trinajstić information content (AvgIpc) is 2.71. The quantitative estimate of drug-likeness (QED) is 0.651. The second-order valence-electron chi connectivity index (χ2n) is 6.40. The number of nitrogens with one attached hydrogen (secondary N) is 2. The van der Waals surface area contributed by atoms with Crippen molar-refractivity contribution in [3.8, 4) is 5.75 Å². The first-order valence-corrected chi connectivity index (χ1v) is 10.2. The highest BCUT2D eigenvalue weighted by molar-refractivity contribution is 7.80. The van der Waals surface area contributed by atoms with Gasteiger partial charge in [0.05, 0.1) is 37.1 Å². The number of hydrogen-bond acceptors (Lipinski definition) is 4. The Bertz CT molecular complexity index is 799. The predicted molar refractivity (Wildman–Crippen MR) is 119 cm³/mol. The number of methoxy groups -OCH3 is 1. The van der Waals surface area contributed by atoms with E-state index in [1.807, 2.05) is 18.2 Å². The van der Waals surface area contributed by atoms with E-state index in [9.17, 15) is 0 Å². The molecule has 0 saturated carbocycles. The van der Waals surface area contributed by atoms with Crippen LogP contribution in [-0.4, -0.2) is 50.0 Å². The molecule has 150 valence electrons. The molecule has 3 rings (SSSR count). The number of ether oxygens (including phenoxy) is 2. The molecule has 0 aromatic heterocycles. The number of thiocarbonyl (C=S) groups is 1. The Hall–Kier alpha value is -1.57. The third kappa shape index (κ3) is 5.72. The molecule has 0 radical (unpaired) electrons. The van der Waals surface area contributed by atoms with Gasteiger partial charge in [-0.2, -0.15) is 0 Å². The highest BCUT2D eigenvalue weighted by Gasteiger charge is 2.23. The van der Waals surface area contributed by atoms with E-state index in [0.29, 0.717) is 21.7 Å². The molecule has 2 aromatic rings. The topological polar surface area (TPSA) is 45.8 Å². The molecule has 1 heterocycles. The molecule has 1 aliphatic heterocycles. The molecule has 1 unspecified atom stereocenters. The number of halogens is 2. The monoisotopic (exact) mass is 439 g/mol. The maximum absolute atomic E-state index is 6.21. The normalized spacial score (nSPS) is 15.7. The molecule has 1 aliphatic rings. The summed E-state index contributed by atoms with van der Waals surface area (Å²) in [6, 6.07) is 13.6. The van der Waals surface area contributed by atoms with E-state index < -0.39 is 0 Å². The van der Waals surface area contributed by atoms with Crippen molar-refractivity contribution in [1.82, 2.24) is 10.2 Å². The predicted octanol–water partition coefficient (Wildman–Crippen LogP) is 4.36. The van der Waals surface area contributed by atoms with Crippen LogP contribution in [-0.2, 0) is 4.74 Å². The first-order valence-electron chi connectivity index (χ1n) is 9.02. The lowest BCUT2D eigenvalue weighted by molar-refractivity contribution is 0.0170. The van der Waals surface area contributed by atoms with Gasteiger partial charge in [0.2, 0.25) is 0 Å². The van der Waals surface area contributed by atoms with Gasteiger partial charge in [-0.1, -0.05) is 35.3 Å². The van der Waals surface area contributed by atoms with E-state index in [1.165, 1.54) is 5.56 Å². The minimum Gasteiger partial charge on any atom is -0.497 e. The largest absolute Gasteiger partial charge is 0.497 e. The first-order chi connectivity index (χ1) is 13.6. The molecule has 2 aromatic carbocycles. The Kier molecular flexibility index (Phi) is 7.76. The van der Waals surface area contributed by atoms with Crippen molar-refractivity contribution in [2.75, 3.05) is 45.3 Å². The van der Waals surface area contributed by atoms with Crippen molar-refractivity contribution in [1.29, 1.82) is 0 Å². The zero-order chi connectivity index (χ0) is 19.9. The van der Waals surface area contributed by atoms with Gasteiger partial charge in [0.15, 0.2) is 5.11 Å². The van der Waals surface area contributed by atoms with Crippen LogP contribution >= 0.6 is 35.4 Å². The summed E-state index contributed by atoms with van der Waals surface area (Å²) in [6.45, 7) is 3.87. The average molecular weight is 440 g/mol. The molecular formula is C20H23Cl2N3O2S. The summed E-state index contributed by atoms with van der Waals surface area (Å²) in [7, 11) is 1.67. The minimum atomic E-state index is 0.162. The molecule has 0 bridgehead atoms. The van der Waals surface area contributed by atoms with Gasteiger partial charge in [-0.3, -0.25) is 4.90 Å². The molecule has 1 fully saturated rings. The molecular weight excluding hydrogens is 417 g/mol. The van der Waals surface area contributed by atoms with Crippen LogP contribution in [0.2, 0.25) is 10.0 Å². The second kappa shape index (κ2) is 10.3. The highest BCUT2D eigenvalue weighted by Crippen LogP contribution is 2.26. The number of hydrogen-bond donors (Lipinski definition) is 2. The zero-order valence-electron chi connectivity index (χ0n) is 15.6. The molecule has 0 spiro atoms. The van der Waals surface area contributed by atoms with Crippen LogP contribution in [0.5, 0.6) is 5.75 Å². The first kappa shape index (κ1) is 21.1. The summed E-state index contributed by atoms with van der Waals surface area (Å²) >= 11 is 17.6. The summed E-state index contributed by atoms with van der Waals surface area (Å²) in [4.78, 5) is 2.40. The molecule has 1 atom stereocenters. The van der Waals surface area contributed by atoms with Crippen LogP contribution in [0.25, 0.3) is 0 Å². The Morgan fingerprint density at radius 1 is 1.18 bits per heavy atom. The van der Waals surface area contributed by atoms with Crippen molar-refractivity contribution in [2.24, 2.45) is 0 Å². The standard InChI is InChI=1S/C20H23Cl2N3O2S/c1-26-16-5-2-14(3-6-16)19(25-8-10-27-11-9-25)13-23-20(28)24-18-7-4-15(21)12-17(18)22/h2-7,12,19H,8-11,13H2,1H3,(H2,23,24,28). The lowest BCUT2D eigenvalue weighted by Crippen LogP contribution is -2.44. The Morgan fingerprint density at radius 3 is 2.54 bits per heavy atom. The third-order valence-corrected chi connectivity index (χ3v) is 5.42. The SMILES string of the molecule is COc1ccc(C(CNC(=S)Nc2ccc(Cl)cc2Cl)N2CCOCC2)cc1. The number of morpholine rings is 1. The fraction of sp³-hybridized carbons (Fsp3) is 0.350. The summed E-state index contributed by atoms with van der Waals surface area (Å²) in [6.07, 6.45) is 0. The fourth-order valence-electron chi connectivity index (χ4n) is 3.12. The van der Waals surface area contributed by atoms with E-state index in [-0.39, 0.29) is 6.04 Å². The maximum atomic E-state index is 6.21. The van der Waals surface area contributed by atoms with Crippen molar-refractivity contribution < 1.29 is 9.47 Å². The lowest BCUT2D eigenvalue weighted by atomic mass is 10.0. The van der Waals surface area contributed by atoms with Crippen molar-refractivity contribution in [3.63, 3.8) is 0 Å². The molecule has 0 amide bonds. The number of benzene rings is 2. The van der Waals surface area contributed by atoms with Crippen molar-refractivity contribution in [2.45, 2.75) is 6.04 Å². The molecule has 2 N–H and O–H groups in total. The number of nitrogens with zero attached hydrogens (tertiary/aromatic N) is 1. The minimum absolute atomic E-state index is 0.162. The van der Waals surface area contributed by atoms with Crippen LogP contribution in [0.15, 0.2) is 42.5 Å². The molecule has 0 aliphatic carbocycles. The lowest BCUT2D eigenvalue weighted by Gasteiger charge is -2.35. The van der Waals surface area contributed by atoms with E-state index in [2.05, 4.69) is 27.7 Å². The molecule has 8 heteroatoms. The van der Waals surface area contributed by atoms with Gasteiger partial charge in [0.25, 0.3) is 0 Å². The fourth-order valence-corrected chi connectivity index (χ4v) is 3.77. The zero-order valence-corrected chi connectivity index (χ0v) is 17.9. The Morgan fingerprint density at radius 2 is 1.89 bits per heavy atom. The molecule has 1 saturated heterocycles. The van der Waals surface area contributed by atoms with Gasteiger partial charge >= 0.3 is 0 Å². The van der Waals surface area contributed by atoms with E-state index in [4.69, 9.17) is 44.9 Å². The number of rotatable bonds is 6. The summed E-state index contributed by atoms with van der Waals surface area (Å²) in [5.74, 6) is 0.840. The van der Waals surface area contributed by atoms with Crippen LogP contribution in [0.1, 0.15) is 11.6 Å².